The van der Waals surface area contributed by atoms with Crippen molar-refractivity contribution in [2.45, 2.75) is 39.7 Å². The minimum atomic E-state index is -0.502. The summed E-state index contributed by atoms with van der Waals surface area (Å²) in [4.78, 5) is 26.9. The summed E-state index contributed by atoms with van der Waals surface area (Å²) in [6, 6.07) is 8.00. The van der Waals surface area contributed by atoms with Gasteiger partial charge in [-0.25, -0.2) is 9.78 Å². The third-order valence-corrected chi connectivity index (χ3v) is 3.94. The third-order valence-electron chi connectivity index (χ3n) is 3.19. The molecule has 0 atom stereocenters. The summed E-state index contributed by atoms with van der Waals surface area (Å²) in [5, 5.41) is 4.49. The maximum atomic E-state index is 12.0. The van der Waals surface area contributed by atoms with E-state index in [1.165, 1.54) is 23.8 Å². The Balaban J connectivity index is 1.94. The zero-order valence-corrected chi connectivity index (χ0v) is 14.5. The largest absolute Gasteiger partial charge is 0.456 e. The molecule has 2 aromatic rings. The zero-order valence-electron chi connectivity index (χ0n) is 13.7. The van der Waals surface area contributed by atoms with Crippen molar-refractivity contribution in [3.63, 3.8) is 0 Å². The molecule has 0 radical (unpaired) electrons. The minimum Gasteiger partial charge on any atom is -0.456 e. The number of esters is 1. The Kier molecular flexibility index (Phi) is 5.15. The Morgan fingerprint density at radius 3 is 2.43 bits per heavy atom. The van der Waals surface area contributed by atoms with Crippen molar-refractivity contribution in [3.05, 3.63) is 46.5 Å². The highest BCUT2D eigenvalue weighted by atomic mass is 32.1. The second-order valence-electron chi connectivity index (χ2n) is 6.24. The molecule has 0 saturated heterocycles. The number of nitrogens with zero attached hydrogens (tertiary/aromatic N) is 1. The molecule has 1 aromatic carbocycles. The minimum absolute atomic E-state index is 0.0932. The molecule has 0 unspecified atom stereocenters. The van der Waals surface area contributed by atoms with Crippen LogP contribution in [0.15, 0.2) is 29.6 Å². The van der Waals surface area contributed by atoms with Gasteiger partial charge in [0.1, 0.15) is 6.61 Å². The van der Waals surface area contributed by atoms with Gasteiger partial charge in [0.2, 0.25) is 5.91 Å². The molecule has 6 heteroatoms. The van der Waals surface area contributed by atoms with E-state index in [0.717, 1.165) is 5.56 Å². The number of ether oxygens (including phenoxy) is 1. The predicted molar refractivity (Wildman–Crippen MR) is 90.7 cm³/mol. The first-order valence-electron chi connectivity index (χ1n) is 7.25. The lowest BCUT2D eigenvalue weighted by molar-refractivity contribution is -0.114. The Morgan fingerprint density at radius 1 is 1.22 bits per heavy atom. The molecule has 0 aliphatic rings. The van der Waals surface area contributed by atoms with Crippen molar-refractivity contribution in [1.29, 1.82) is 0 Å². The summed E-state index contributed by atoms with van der Waals surface area (Å²) in [6.45, 7) is 8.03. The van der Waals surface area contributed by atoms with Gasteiger partial charge in [-0.1, -0.05) is 45.0 Å². The van der Waals surface area contributed by atoms with Crippen LogP contribution in [0.2, 0.25) is 0 Å². The van der Waals surface area contributed by atoms with Crippen LogP contribution in [0, 0.1) is 0 Å². The zero-order chi connectivity index (χ0) is 17.0. The number of rotatable bonds is 4. The standard InChI is InChI=1S/C17H20N2O3S/c1-11(20)18-16-19-14(10-23-16)15(21)22-9-12-5-7-13(8-6-12)17(2,3)4/h5-8,10H,9H2,1-4H3,(H,18,19,20). The van der Waals surface area contributed by atoms with Crippen LogP contribution in [-0.4, -0.2) is 16.9 Å². The molecule has 0 spiro atoms. The highest BCUT2D eigenvalue weighted by Gasteiger charge is 2.15. The molecule has 1 heterocycles. The third kappa shape index (κ3) is 4.89. The quantitative estimate of drug-likeness (QED) is 0.866. The molecule has 1 amide bonds. The predicted octanol–water partition coefficient (Wildman–Crippen LogP) is 3.76. The Labute approximate surface area is 139 Å². The van der Waals surface area contributed by atoms with Gasteiger partial charge >= 0.3 is 5.97 Å². The number of thiazole rings is 1. The number of carbonyl (C=O) groups is 2. The van der Waals surface area contributed by atoms with Crippen molar-refractivity contribution in [2.24, 2.45) is 0 Å². The molecular formula is C17H20N2O3S. The van der Waals surface area contributed by atoms with Crippen LogP contribution in [-0.2, 0) is 21.6 Å². The number of aromatic nitrogens is 1. The normalized spacial score (nSPS) is 11.1. The number of hydrogen-bond donors (Lipinski definition) is 1. The second-order valence-corrected chi connectivity index (χ2v) is 7.10. The number of nitrogens with one attached hydrogen (secondary N) is 1. The van der Waals surface area contributed by atoms with Crippen molar-refractivity contribution < 1.29 is 14.3 Å². The van der Waals surface area contributed by atoms with Gasteiger partial charge in [0.15, 0.2) is 10.8 Å². The van der Waals surface area contributed by atoms with Crippen LogP contribution in [0.5, 0.6) is 0 Å². The molecule has 0 aliphatic carbocycles. The van der Waals surface area contributed by atoms with E-state index in [2.05, 4.69) is 31.1 Å². The van der Waals surface area contributed by atoms with Crippen LogP contribution in [0.25, 0.3) is 0 Å². The first-order chi connectivity index (χ1) is 10.8. The van der Waals surface area contributed by atoms with Crippen molar-refractivity contribution in [1.82, 2.24) is 4.98 Å². The summed E-state index contributed by atoms with van der Waals surface area (Å²) in [7, 11) is 0. The lowest BCUT2D eigenvalue weighted by atomic mass is 9.87. The molecule has 0 fully saturated rings. The first-order valence-corrected chi connectivity index (χ1v) is 8.13. The molecule has 1 N–H and O–H groups in total. The van der Waals surface area contributed by atoms with Gasteiger partial charge in [-0.15, -0.1) is 11.3 Å². The number of amides is 1. The molecule has 5 nitrogen and oxygen atoms in total. The van der Waals surface area contributed by atoms with Crippen LogP contribution >= 0.6 is 11.3 Å². The van der Waals surface area contributed by atoms with Gasteiger partial charge in [-0.2, -0.15) is 0 Å². The monoisotopic (exact) mass is 332 g/mol. The van der Waals surface area contributed by atoms with Crippen LogP contribution in [0.4, 0.5) is 5.13 Å². The summed E-state index contributed by atoms with van der Waals surface area (Å²) in [5.74, 6) is -0.726. The molecule has 2 rings (SSSR count). The average molecular weight is 332 g/mol. The summed E-state index contributed by atoms with van der Waals surface area (Å²) < 4.78 is 5.25. The summed E-state index contributed by atoms with van der Waals surface area (Å²) in [6.07, 6.45) is 0. The summed E-state index contributed by atoms with van der Waals surface area (Å²) >= 11 is 1.19. The van der Waals surface area contributed by atoms with E-state index in [0.29, 0.717) is 5.13 Å². The molecule has 0 saturated carbocycles. The number of anilines is 1. The van der Waals surface area contributed by atoms with Gasteiger partial charge in [0.05, 0.1) is 0 Å². The average Bonchev–Trinajstić information content (AvgIpc) is 2.92. The Bertz CT molecular complexity index is 699. The van der Waals surface area contributed by atoms with E-state index in [1.807, 2.05) is 24.3 Å². The molecule has 1 aromatic heterocycles. The molecule has 0 bridgehead atoms. The van der Waals surface area contributed by atoms with Gasteiger partial charge in [-0.3, -0.25) is 4.79 Å². The van der Waals surface area contributed by atoms with E-state index < -0.39 is 5.97 Å². The smallest absolute Gasteiger partial charge is 0.358 e. The number of carbonyl (C=O) groups excluding carboxylic acids is 2. The van der Waals surface area contributed by atoms with Crippen LogP contribution in [0.1, 0.15) is 49.3 Å². The molecule has 122 valence electrons. The van der Waals surface area contributed by atoms with Gasteiger partial charge in [0, 0.05) is 12.3 Å². The van der Waals surface area contributed by atoms with Crippen molar-refractivity contribution >= 4 is 28.3 Å². The Morgan fingerprint density at radius 2 is 1.87 bits per heavy atom. The lowest BCUT2D eigenvalue weighted by Gasteiger charge is -2.19. The fraction of sp³-hybridized carbons (Fsp3) is 0.353. The fourth-order valence-corrected chi connectivity index (χ4v) is 2.63. The van der Waals surface area contributed by atoms with E-state index >= 15 is 0 Å². The van der Waals surface area contributed by atoms with Gasteiger partial charge < -0.3 is 10.1 Å². The summed E-state index contributed by atoms with van der Waals surface area (Å²) in [5.41, 5.74) is 2.44. The number of benzene rings is 1. The maximum Gasteiger partial charge on any atom is 0.358 e. The van der Waals surface area contributed by atoms with Crippen LogP contribution in [0.3, 0.4) is 0 Å². The lowest BCUT2D eigenvalue weighted by Crippen LogP contribution is -2.11. The first kappa shape index (κ1) is 17.1. The molecule has 23 heavy (non-hydrogen) atoms. The van der Waals surface area contributed by atoms with Crippen LogP contribution < -0.4 is 5.32 Å². The fourth-order valence-electron chi connectivity index (χ4n) is 1.90. The van der Waals surface area contributed by atoms with Crippen molar-refractivity contribution in [3.8, 4) is 0 Å². The SMILES string of the molecule is CC(=O)Nc1nc(C(=O)OCc2ccc(C(C)(C)C)cc2)cs1. The highest BCUT2D eigenvalue weighted by Crippen LogP contribution is 2.22. The van der Waals surface area contributed by atoms with E-state index in [-0.39, 0.29) is 23.6 Å². The van der Waals surface area contributed by atoms with Gasteiger partial charge in [0.25, 0.3) is 0 Å². The van der Waals surface area contributed by atoms with E-state index in [9.17, 15) is 9.59 Å². The van der Waals surface area contributed by atoms with E-state index in [1.54, 1.807) is 5.38 Å². The Hall–Kier alpha value is -2.21. The van der Waals surface area contributed by atoms with E-state index in [4.69, 9.17) is 4.74 Å². The number of hydrogen-bond acceptors (Lipinski definition) is 5. The topological polar surface area (TPSA) is 68.3 Å². The maximum absolute atomic E-state index is 12.0. The molecular weight excluding hydrogens is 312 g/mol. The second kappa shape index (κ2) is 6.91. The highest BCUT2D eigenvalue weighted by molar-refractivity contribution is 7.14. The molecule has 0 aliphatic heterocycles. The van der Waals surface area contributed by atoms with Crippen molar-refractivity contribution in [2.75, 3.05) is 5.32 Å². The van der Waals surface area contributed by atoms with Gasteiger partial charge in [-0.05, 0) is 16.5 Å².